The van der Waals surface area contributed by atoms with Crippen LogP contribution in [-0.4, -0.2) is 24.0 Å². The van der Waals surface area contributed by atoms with Crippen LogP contribution < -0.4 is 10.6 Å². The van der Waals surface area contributed by atoms with Crippen molar-refractivity contribution in [2.75, 3.05) is 0 Å². The fourth-order valence-electron chi connectivity index (χ4n) is 2.59. The van der Waals surface area contributed by atoms with E-state index in [1.165, 1.54) is 5.56 Å². The third kappa shape index (κ3) is 3.80. The molecule has 0 heterocycles. The Morgan fingerprint density at radius 1 is 1.16 bits per heavy atom. The van der Waals surface area contributed by atoms with Crippen molar-refractivity contribution in [3.8, 4) is 0 Å². The molecular formula is C16H24N2O. The lowest BCUT2D eigenvalue weighted by molar-refractivity contribution is -0.123. The molecule has 1 atom stereocenters. The molecule has 1 unspecified atom stereocenters. The largest absolute Gasteiger partial charge is 0.353 e. The summed E-state index contributed by atoms with van der Waals surface area (Å²) < 4.78 is 0. The number of benzene rings is 1. The van der Waals surface area contributed by atoms with Gasteiger partial charge in [0.05, 0.1) is 6.04 Å². The number of rotatable bonds is 5. The fourth-order valence-corrected chi connectivity index (χ4v) is 2.59. The van der Waals surface area contributed by atoms with Crippen LogP contribution in [0.4, 0.5) is 0 Å². The lowest BCUT2D eigenvalue weighted by Gasteiger charge is -2.38. The first-order valence-corrected chi connectivity index (χ1v) is 7.17. The van der Waals surface area contributed by atoms with E-state index < -0.39 is 0 Å². The quantitative estimate of drug-likeness (QED) is 0.853. The first-order chi connectivity index (χ1) is 9.06. The van der Waals surface area contributed by atoms with Crippen molar-refractivity contribution in [2.24, 2.45) is 0 Å². The zero-order chi connectivity index (χ0) is 13.8. The minimum Gasteiger partial charge on any atom is -0.353 e. The molecule has 1 aromatic rings. The lowest BCUT2D eigenvalue weighted by atomic mass is 9.75. The topological polar surface area (TPSA) is 41.1 Å². The van der Waals surface area contributed by atoms with E-state index in [0.29, 0.717) is 12.0 Å². The van der Waals surface area contributed by atoms with Crippen LogP contribution in [0.1, 0.15) is 45.1 Å². The van der Waals surface area contributed by atoms with Crippen LogP contribution in [0.3, 0.4) is 0 Å². The summed E-state index contributed by atoms with van der Waals surface area (Å²) in [4.78, 5) is 11.8. The average molecular weight is 260 g/mol. The van der Waals surface area contributed by atoms with Crippen LogP contribution in [0, 0.1) is 0 Å². The van der Waals surface area contributed by atoms with Gasteiger partial charge in [-0.3, -0.25) is 4.79 Å². The van der Waals surface area contributed by atoms with E-state index in [4.69, 9.17) is 0 Å². The lowest BCUT2D eigenvalue weighted by Crippen LogP contribution is -2.51. The Kier molecular flexibility index (Phi) is 4.59. The van der Waals surface area contributed by atoms with E-state index in [0.717, 1.165) is 12.8 Å². The van der Waals surface area contributed by atoms with Crippen LogP contribution >= 0.6 is 0 Å². The predicted molar refractivity (Wildman–Crippen MR) is 78.1 cm³/mol. The third-order valence-electron chi connectivity index (χ3n) is 3.72. The maximum atomic E-state index is 11.8. The normalized spacial score (nSPS) is 23.8. The third-order valence-corrected chi connectivity index (χ3v) is 3.72. The molecule has 1 amide bonds. The van der Waals surface area contributed by atoms with Crippen LogP contribution in [0.2, 0.25) is 0 Å². The Balaban J connectivity index is 1.74. The number of carbonyl (C=O) groups is 1. The van der Waals surface area contributed by atoms with Gasteiger partial charge >= 0.3 is 0 Å². The van der Waals surface area contributed by atoms with E-state index in [1.54, 1.807) is 0 Å². The van der Waals surface area contributed by atoms with E-state index >= 15 is 0 Å². The Morgan fingerprint density at radius 3 is 2.37 bits per heavy atom. The summed E-state index contributed by atoms with van der Waals surface area (Å²) in [5.74, 6) is 0.747. The minimum absolute atomic E-state index is 0.0955. The van der Waals surface area contributed by atoms with Crippen LogP contribution in [0.15, 0.2) is 30.3 Å². The molecule has 1 aromatic carbocycles. The molecule has 1 aliphatic carbocycles. The van der Waals surface area contributed by atoms with Crippen molar-refractivity contribution in [2.45, 2.75) is 57.7 Å². The van der Waals surface area contributed by atoms with Gasteiger partial charge in [-0.25, -0.2) is 0 Å². The monoisotopic (exact) mass is 260 g/mol. The highest BCUT2D eigenvalue weighted by molar-refractivity contribution is 5.81. The van der Waals surface area contributed by atoms with Crippen molar-refractivity contribution >= 4 is 5.91 Å². The van der Waals surface area contributed by atoms with Gasteiger partial charge in [0.2, 0.25) is 5.91 Å². The maximum Gasteiger partial charge on any atom is 0.237 e. The number of nitrogens with one attached hydrogen (secondary N) is 2. The van der Waals surface area contributed by atoms with E-state index in [1.807, 2.05) is 20.8 Å². The minimum atomic E-state index is -0.107. The first-order valence-electron chi connectivity index (χ1n) is 7.17. The SMILES string of the molecule is CC(C)NC(=O)C(C)NC1CC(c2ccccc2)C1. The molecule has 0 aliphatic heterocycles. The summed E-state index contributed by atoms with van der Waals surface area (Å²) in [7, 11) is 0. The maximum absolute atomic E-state index is 11.8. The molecule has 2 rings (SSSR count). The number of hydrogen-bond donors (Lipinski definition) is 2. The summed E-state index contributed by atoms with van der Waals surface area (Å²) in [6.07, 6.45) is 2.26. The van der Waals surface area contributed by atoms with Gasteiger partial charge in [-0.1, -0.05) is 30.3 Å². The summed E-state index contributed by atoms with van der Waals surface area (Å²) in [5, 5.41) is 6.35. The number of carbonyl (C=O) groups excluding carboxylic acids is 1. The predicted octanol–water partition coefficient (Wildman–Crippen LogP) is 2.44. The zero-order valence-corrected chi connectivity index (χ0v) is 12.0. The van der Waals surface area contributed by atoms with Crippen LogP contribution in [0.25, 0.3) is 0 Å². The summed E-state index contributed by atoms with van der Waals surface area (Å²) >= 11 is 0. The first kappa shape index (κ1) is 14.1. The second-order valence-corrected chi connectivity index (χ2v) is 5.83. The van der Waals surface area contributed by atoms with Gasteiger partial charge in [-0.2, -0.15) is 0 Å². The molecular weight excluding hydrogens is 236 g/mol. The Hall–Kier alpha value is -1.35. The van der Waals surface area contributed by atoms with Gasteiger partial charge in [0.15, 0.2) is 0 Å². The highest BCUT2D eigenvalue weighted by Crippen LogP contribution is 2.36. The Bertz CT molecular complexity index is 410. The van der Waals surface area contributed by atoms with Crippen LogP contribution in [-0.2, 0) is 4.79 Å². The fraction of sp³-hybridized carbons (Fsp3) is 0.562. The molecule has 3 heteroatoms. The molecule has 0 spiro atoms. The molecule has 1 saturated carbocycles. The van der Waals surface area contributed by atoms with E-state index in [-0.39, 0.29) is 18.0 Å². The summed E-state index contributed by atoms with van der Waals surface area (Å²) in [5.41, 5.74) is 1.42. The van der Waals surface area contributed by atoms with Crippen molar-refractivity contribution in [1.29, 1.82) is 0 Å². The van der Waals surface area contributed by atoms with E-state index in [2.05, 4.69) is 41.0 Å². The van der Waals surface area contributed by atoms with Crippen molar-refractivity contribution in [3.05, 3.63) is 35.9 Å². The number of amides is 1. The van der Waals surface area contributed by atoms with Gasteiger partial charge in [0.25, 0.3) is 0 Å². The van der Waals surface area contributed by atoms with Gasteiger partial charge in [-0.15, -0.1) is 0 Å². The highest BCUT2D eigenvalue weighted by atomic mass is 16.2. The smallest absolute Gasteiger partial charge is 0.237 e. The summed E-state index contributed by atoms with van der Waals surface area (Å²) in [6.45, 7) is 5.91. The Labute approximate surface area is 115 Å². The van der Waals surface area contributed by atoms with Crippen molar-refractivity contribution < 1.29 is 4.79 Å². The second kappa shape index (κ2) is 6.20. The zero-order valence-electron chi connectivity index (χ0n) is 12.0. The average Bonchev–Trinajstić information content (AvgIpc) is 2.33. The molecule has 0 aromatic heterocycles. The van der Waals surface area contributed by atoms with Crippen LogP contribution in [0.5, 0.6) is 0 Å². The Morgan fingerprint density at radius 2 is 1.79 bits per heavy atom. The van der Waals surface area contributed by atoms with Gasteiger partial charge in [-0.05, 0) is 45.1 Å². The molecule has 0 bridgehead atoms. The molecule has 104 valence electrons. The summed E-state index contributed by atoms with van der Waals surface area (Å²) in [6, 6.07) is 11.2. The molecule has 19 heavy (non-hydrogen) atoms. The molecule has 0 saturated heterocycles. The molecule has 0 radical (unpaired) electrons. The standard InChI is InChI=1S/C16H24N2O/c1-11(2)17-16(19)12(3)18-15-9-14(10-15)13-7-5-4-6-8-13/h4-8,11-12,14-15,18H,9-10H2,1-3H3,(H,17,19). The van der Waals surface area contributed by atoms with Gasteiger partial charge in [0, 0.05) is 12.1 Å². The number of hydrogen-bond acceptors (Lipinski definition) is 2. The van der Waals surface area contributed by atoms with Crippen molar-refractivity contribution in [1.82, 2.24) is 10.6 Å². The van der Waals surface area contributed by atoms with Gasteiger partial charge in [0.1, 0.15) is 0 Å². The van der Waals surface area contributed by atoms with E-state index in [9.17, 15) is 4.79 Å². The van der Waals surface area contributed by atoms with Crippen molar-refractivity contribution in [3.63, 3.8) is 0 Å². The highest BCUT2D eigenvalue weighted by Gasteiger charge is 2.31. The molecule has 2 N–H and O–H groups in total. The molecule has 1 aliphatic rings. The second-order valence-electron chi connectivity index (χ2n) is 5.83. The molecule has 3 nitrogen and oxygen atoms in total. The van der Waals surface area contributed by atoms with Gasteiger partial charge < -0.3 is 10.6 Å². The molecule has 1 fully saturated rings.